The van der Waals surface area contributed by atoms with Crippen molar-refractivity contribution in [2.45, 2.75) is 25.7 Å². The molecule has 0 aliphatic carbocycles. The highest BCUT2D eigenvalue weighted by atomic mass is 16.5. The van der Waals surface area contributed by atoms with Gasteiger partial charge in [-0.25, -0.2) is 0 Å². The molecule has 2 fully saturated rings. The van der Waals surface area contributed by atoms with E-state index < -0.39 is 5.41 Å². The van der Waals surface area contributed by atoms with E-state index in [-0.39, 0.29) is 5.91 Å². The highest BCUT2D eigenvalue weighted by molar-refractivity contribution is 5.83. The first-order valence-electron chi connectivity index (χ1n) is 7.29. The van der Waals surface area contributed by atoms with Crippen molar-refractivity contribution < 1.29 is 14.3 Å². The maximum atomic E-state index is 12.7. The van der Waals surface area contributed by atoms with E-state index in [1.807, 2.05) is 11.9 Å². The summed E-state index contributed by atoms with van der Waals surface area (Å²) >= 11 is 0. The van der Waals surface area contributed by atoms with Gasteiger partial charge in [-0.2, -0.15) is 0 Å². The molecule has 0 spiro atoms. The Hall–Kier alpha value is -0.650. The van der Waals surface area contributed by atoms with Crippen LogP contribution < -0.4 is 5.73 Å². The topological polar surface area (TPSA) is 64.8 Å². The number of hydrogen-bond acceptors (Lipinski definition) is 4. The summed E-state index contributed by atoms with van der Waals surface area (Å²) in [4.78, 5) is 14.5. The zero-order valence-electron chi connectivity index (χ0n) is 11.9. The van der Waals surface area contributed by atoms with E-state index in [1.54, 1.807) is 0 Å². The molecule has 0 aromatic rings. The van der Waals surface area contributed by atoms with Gasteiger partial charge < -0.3 is 20.1 Å². The third kappa shape index (κ3) is 3.46. The number of carbonyl (C=O) groups excluding carboxylic acids is 1. The molecule has 2 heterocycles. The van der Waals surface area contributed by atoms with Gasteiger partial charge in [0.15, 0.2) is 0 Å². The van der Waals surface area contributed by atoms with Crippen LogP contribution in [0.15, 0.2) is 0 Å². The summed E-state index contributed by atoms with van der Waals surface area (Å²) in [6, 6.07) is 0. The minimum absolute atomic E-state index is 0.184. The van der Waals surface area contributed by atoms with Gasteiger partial charge in [0.1, 0.15) is 0 Å². The van der Waals surface area contributed by atoms with Crippen LogP contribution in [0.3, 0.4) is 0 Å². The number of carbonyl (C=O) groups is 1. The molecule has 5 heteroatoms. The van der Waals surface area contributed by atoms with Crippen molar-refractivity contribution in [3.05, 3.63) is 0 Å². The van der Waals surface area contributed by atoms with Gasteiger partial charge in [0.25, 0.3) is 0 Å². The van der Waals surface area contributed by atoms with Crippen LogP contribution in [0.1, 0.15) is 25.7 Å². The minimum Gasteiger partial charge on any atom is -0.381 e. The lowest BCUT2D eigenvalue weighted by molar-refractivity contribution is -0.147. The molecule has 2 aliphatic rings. The first kappa shape index (κ1) is 14.8. The van der Waals surface area contributed by atoms with Crippen LogP contribution in [-0.2, 0) is 14.3 Å². The Morgan fingerprint density at radius 3 is 2.63 bits per heavy atom. The first-order valence-corrected chi connectivity index (χ1v) is 7.29. The second-order valence-corrected chi connectivity index (χ2v) is 5.87. The number of ether oxygens (including phenoxy) is 2. The fourth-order valence-corrected chi connectivity index (χ4v) is 3.09. The molecule has 0 saturated carbocycles. The molecule has 0 bridgehead atoms. The Bertz CT molecular complexity index is 297. The molecule has 110 valence electrons. The number of hydrogen-bond donors (Lipinski definition) is 1. The second-order valence-electron chi connectivity index (χ2n) is 5.87. The van der Waals surface area contributed by atoms with Gasteiger partial charge in [0, 0.05) is 40.0 Å². The molecule has 5 nitrogen and oxygen atoms in total. The van der Waals surface area contributed by atoms with E-state index in [1.165, 1.54) is 0 Å². The lowest BCUT2D eigenvalue weighted by Gasteiger charge is -2.38. The van der Waals surface area contributed by atoms with E-state index in [0.29, 0.717) is 25.7 Å². The predicted octanol–water partition coefficient (Wildman–Crippen LogP) is 0.627. The van der Waals surface area contributed by atoms with Crippen molar-refractivity contribution in [2.24, 2.45) is 17.1 Å². The van der Waals surface area contributed by atoms with Crippen LogP contribution >= 0.6 is 0 Å². The van der Waals surface area contributed by atoms with Crippen molar-refractivity contribution in [3.8, 4) is 0 Å². The molecule has 2 N–H and O–H groups in total. The molecular weight excluding hydrogens is 244 g/mol. The van der Waals surface area contributed by atoms with E-state index in [4.69, 9.17) is 15.2 Å². The van der Waals surface area contributed by atoms with Crippen molar-refractivity contribution >= 4 is 5.91 Å². The van der Waals surface area contributed by atoms with Gasteiger partial charge in [0.2, 0.25) is 5.91 Å². The molecule has 1 amide bonds. The van der Waals surface area contributed by atoms with Crippen LogP contribution in [0.25, 0.3) is 0 Å². The van der Waals surface area contributed by atoms with E-state index in [9.17, 15) is 4.79 Å². The summed E-state index contributed by atoms with van der Waals surface area (Å²) in [6.07, 6.45) is 3.74. The fraction of sp³-hybridized carbons (Fsp3) is 0.929. The summed E-state index contributed by atoms with van der Waals surface area (Å²) < 4.78 is 10.8. The van der Waals surface area contributed by atoms with Crippen LogP contribution in [0, 0.1) is 11.3 Å². The Labute approximate surface area is 115 Å². The van der Waals surface area contributed by atoms with E-state index in [2.05, 4.69) is 0 Å². The Balaban J connectivity index is 1.92. The number of amides is 1. The van der Waals surface area contributed by atoms with Gasteiger partial charge in [-0.3, -0.25) is 4.79 Å². The van der Waals surface area contributed by atoms with E-state index in [0.717, 1.165) is 45.4 Å². The Morgan fingerprint density at radius 2 is 2.05 bits per heavy atom. The zero-order valence-corrected chi connectivity index (χ0v) is 11.9. The molecule has 0 aromatic carbocycles. The van der Waals surface area contributed by atoms with Crippen LogP contribution in [-0.4, -0.2) is 57.4 Å². The van der Waals surface area contributed by atoms with Gasteiger partial charge in [-0.1, -0.05) is 0 Å². The van der Waals surface area contributed by atoms with Crippen LogP contribution in [0.4, 0.5) is 0 Å². The predicted molar refractivity (Wildman–Crippen MR) is 72.7 cm³/mol. The third-order valence-electron chi connectivity index (χ3n) is 4.43. The maximum absolute atomic E-state index is 12.7. The van der Waals surface area contributed by atoms with Crippen LogP contribution in [0.2, 0.25) is 0 Å². The summed E-state index contributed by atoms with van der Waals surface area (Å²) in [7, 11) is 1.89. The molecule has 2 saturated heterocycles. The SMILES string of the molecule is CN(CC1CCCOC1)C(=O)C1(CN)CCOCC1. The lowest BCUT2D eigenvalue weighted by atomic mass is 9.78. The van der Waals surface area contributed by atoms with Crippen molar-refractivity contribution in [1.29, 1.82) is 0 Å². The molecule has 2 aliphatic heterocycles. The van der Waals surface area contributed by atoms with Gasteiger partial charge in [-0.05, 0) is 31.6 Å². The van der Waals surface area contributed by atoms with Crippen molar-refractivity contribution in [3.63, 3.8) is 0 Å². The maximum Gasteiger partial charge on any atom is 0.229 e. The van der Waals surface area contributed by atoms with Crippen LogP contribution in [0.5, 0.6) is 0 Å². The quantitative estimate of drug-likeness (QED) is 0.813. The average Bonchev–Trinajstić information content (AvgIpc) is 2.48. The number of rotatable bonds is 4. The van der Waals surface area contributed by atoms with Gasteiger partial charge in [-0.15, -0.1) is 0 Å². The molecule has 2 rings (SSSR count). The minimum atomic E-state index is -0.400. The molecule has 0 radical (unpaired) electrons. The van der Waals surface area contributed by atoms with E-state index >= 15 is 0 Å². The molecule has 1 unspecified atom stereocenters. The Morgan fingerprint density at radius 1 is 1.32 bits per heavy atom. The van der Waals surface area contributed by atoms with Crippen molar-refractivity contribution in [1.82, 2.24) is 4.90 Å². The lowest BCUT2D eigenvalue weighted by Crippen LogP contribution is -2.51. The number of nitrogens with two attached hydrogens (primary N) is 1. The summed E-state index contributed by atoms with van der Waals surface area (Å²) in [6.45, 7) is 4.11. The fourth-order valence-electron chi connectivity index (χ4n) is 3.09. The number of nitrogens with zero attached hydrogens (tertiary/aromatic N) is 1. The third-order valence-corrected chi connectivity index (χ3v) is 4.43. The average molecular weight is 270 g/mol. The largest absolute Gasteiger partial charge is 0.381 e. The summed E-state index contributed by atoms with van der Waals surface area (Å²) in [5, 5.41) is 0. The Kier molecular flexibility index (Phi) is 5.19. The molecular formula is C14H26N2O3. The molecule has 1 atom stereocenters. The zero-order chi connectivity index (χ0) is 13.7. The highest BCUT2D eigenvalue weighted by Crippen LogP contribution is 2.31. The van der Waals surface area contributed by atoms with Gasteiger partial charge in [0.05, 0.1) is 12.0 Å². The molecule has 19 heavy (non-hydrogen) atoms. The monoisotopic (exact) mass is 270 g/mol. The summed E-state index contributed by atoms with van der Waals surface area (Å²) in [5.74, 6) is 0.654. The standard InChI is InChI=1S/C14H26N2O3/c1-16(9-12-3-2-6-19-10-12)13(17)14(11-15)4-7-18-8-5-14/h12H,2-11,15H2,1H3. The van der Waals surface area contributed by atoms with Crippen molar-refractivity contribution in [2.75, 3.05) is 46.6 Å². The normalized spacial score (nSPS) is 26.9. The summed E-state index contributed by atoms with van der Waals surface area (Å²) in [5.41, 5.74) is 5.48. The second kappa shape index (κ2) is 6.68. The highest BCUT2D eigenvalue weighted by Gasteiger charge is 2.40. The first-order chi connectivity index (χ1) is 9.18. The van der Waals surface area contributed by atoms with Gasteiger partial charge >= 0.3 is 0 Å². The smallest absolute Gasteiger partial charge is 0.229 e. The molecule has 0 aromatic heterocycles.